The average molecular weight is 345 g/mol. The molecule has 0 aliphatic rings. The predicted molar refractivity (Wildman–Crippen MR) is 93.7 cm³/mol. The highest BCUT2D eigenvalue weighted by molar-refractivity contribution is 5.69. The number of hydrogen-bond acceptors (Lipinski definition) is 6. The lowest BCUT2D eigenvalue weighted by molar-refractivity contribution is -0.145. The Bertz CT molecular complexity index is 323. The van der Waals surface area contributed by atoms with Crippen LogP contribution in [0.2, 0.25) is 0 Å². The van der Waals surface area contributed by atoms with Gasteiger partial charge >= 0.3 is 11.9 Å². The first-order chi connectivity index (χ1) is 11.6. The summed E-state index contributed by atoms with van der Waals surface area (Å²) >= 11 is 0. The van der Waals surface area contributed by atoms with Crippen LogP contribution in [0.1, 0.15) is 64.7 Å². The van der Waals surface area contributed by atoms with Crippen LogP contribution >= 0.6 is 0 Å². The van der Waals surface area contributed by atoms with E-state index in [1.807, 2.05) is 14.0 Å². The summed E-state index contributed by atoms with van der Waals surface area (Å²) in [4.78, 5) is 24.8. The Morgan fingerprint density at radius 3 is 1.96 bits per heavy atom. The van der Waals surface area contributed by atoms with E-state index in [4.69, 9.17) is 14.6 Å². The quantitative estimate of drug-likeness (QED) is 0.342. The van der Waals surface area contributed by atoms with Crippen molar-refractivity contribution in [3.8, 4) is 0 Å². The standard InChI is InChI=1S/C18H35NO5/c1-3-10-17(21)23-15-8-4-5-9-16-24-18(22)11-13-19(2)12-6-7-14-20/h20H,3-16H2,1-2H3. The smallest absolute Gasteiger partial charge is 0.307 e. The maximum absolute atomic E-state index is 11.6. The minimum absolute atomic E-state index is 0.118. The van der Waals surface area contributed by atoms with Crippen LogP contribution in [0.4, 0.5) is 0 Å². The summed E-state index contributed by atoms with van der Waals surface area (Å²) in [5, 5.41) is 8.72. The van der Waals surface area contributed by atoms with Crippen molar-refractivity contribution in [2.45, 2.75) is 64.7 Å². The van der Waals surface area contributed by atoms with E-state index < -0.39 is 0 Å². The average Bonchev–Trinajstić information content (AvgIpc) is 2.56. The third-order valence-electron chi connectivity index (χ3n) is 3.66. The van der Waals surface area contributed by atoms with Crippen molar-refractivity contribution in [1.82, 2.24) is 4.90 Å². The summed E-state index contributed by atoms with van der Waals surface area (Å²) in [6.45, 7) is 4.70. The van der Waals surface area contributed by atoms with Gasteiger partial charge in [-0.15, -0.1) is 0 Å². The molecule has 0 aromatic carbocycles. The van der Waals surface area contributed by atoms with E-state index >= 15 is 0 Å². The SMILES string of the molecule is CCCC(=O)OCCCCCCOC(=O)CCN(C)CCCCO. The lowest BCUT2D eigenvalue weighted by Gasteiger charge is -2.15. The summed E-state index contributed by atoms with van der Waals surface area (Å²) in [5.74, 6) is -0.273. The van der Waals surface area contributed by atoms with Gasteiger partial charge in [-0.2, -0.15) is 0 Å². The molecule has 0 aliphatic carbocycles. The lowest BCUT2D eigenvalue weighted by atomic mass is 10.2. The maximum atomic E-state index is 11.6. The third-order valence-corrected chi connectivity index (χ3v) is 3.66. The number of carbonyl (C=O) groups is 2. The van der Waals surface area contributed by atoms with Gasteiger partial charge in [0.2, 0.25) is 0 Å². The molecule has 6 nitrogen and oxygen atoms in total. The Balaban J connectivity index is 3.35. The van der Waals surface area contributed by atoms with Crippen molar-refractivity contribution >= 4 is 11.9 Å². The van der Waals surface area contributed by atoms with Crippen molar-refractivity contribution in [2.24, 2.45) is 0 Å². The summed E-state index contributed by atoms with van der Waals surface area (Å²) in [7, 11) is 1.97. The number of ether oxygens (including phenoxy) is 2. The molecular formula is C18H35NO5. The van der Waals surface area contributed by atoms with E-state index in [0.29, 0.717) is 32.6 Å². The van der Waals surface area contributed by atoms with E-state index in [1.165, 1.54) is 0 Å². The molecule has 0 rings (SSSR count). The van der Waals surface area contributed by atoms with Gasteiger partial charge in [0.25, 0.3) is 0 Å². The monoisotopic (exact) mass is 345 g/mol. The molecule has 6 heteroatoms. The van der Waals surface area contributed by atoms with Gasteiger partial charge in [-0.3, -0.25) is 9.59 Å². The van der Waals surface area contributed by atoms with Crippen molar-refractivity contribution in [1.29, 1.82) is 0 Å². The molecule has 0 saturated carbocycles. The normalized spacial score (nSPS) is 10.8. The third kappa shape index (κ3) is 15.7. The van der Waals surface area contributed by atoms with Crippen LogP contribution in [0.3, 0.4) is 0 Å². The minimum Gasteiger partial charge on any atom is -0.466 e. The Kier molecular flexibility index (Phi) is 15.9. The molecule has 0 radical (unpaired) electrons. The first kappa shape index (κ1) is 22.9. The summed E-state index contributed by atoms with van der Waals surface area (Å²) < 4.78 is 10.3. The number of unbranched alkanes of at least 4 members (excludes halogenated alkanes) is 4. The maximum Gasteiger partial charge on any atom is 0.307 e. The molecule has 0 spiro atoms. The van der Waals surface area contributed by atoms with Gasteiger partial charge in [-0.25, -0.2) is 0 Å². The van der Waals surface area contributed by atoms with Gasteiger partial charge in [0, 0.05) is 19.6 Å². The van der Waals surface area contributed by atoms with Crippen LogP contribution in [0.5, 0.6) is 0 Å². The van der Waals surface area contributed by atoms with Crippen LogP contribution in [-0.4, -0.2) is 61.9 Å². The van der Waals surface area contributed by atoms with Crippen molar-refractivity contribution in [3.05, 3.63) is 0 Å². The predicted octanol–water partition coefficient (Wildman–Crippen LogP) is 2.53. The second-order valence-electron chi connectivity index (χ2n) is 6.09. The van der Waals surface area contributed by atoms with Crippen LogP contribution < -0.4 is 0 Å². The van der Waals surface area contributed by atoms with E-state index in [-0.39, 0.29) is 18.5 Å². The molecule has 1 N–H and O–H groups in total. The minimum atomic E-state index is -0.155. The van der Waals surface area contributed by atoms with Crippen molar-refractivity contribution in [3.63, 3.8) is 0 Å². The molecular weight excluding hydrogens is 310 g/mol. The lowest BCUT2D eigenvalue weighted by Crippen LogP contribution is -2.24. The fraction of sp³-hybridized carbons (Fsp3) is 0.889. The molecule has 0 atom stereocenters. The van der Waals surface area contributed by atoms with Gasteiger partial charge in [0.15, 0.2) is 0 Å². The van der Waals surface area contributed by atoms with E-state index in [0.717, 1.165) is 51.5 Å². The Labute approximate surface area is 146 Å². The van der Waals surface area contributed by atoms with Gasteiger partial charge in [-0.1, -0.05) is 6.92 Å². The van der Waals surface area contributed by atoms with Crippen LogP contribution in [-0.2, 0) is 19.1 Å². The molecule has 0 aliphatic heterocycles. The molecule has 0 aromatic rings. The summed E-state index contributed by atoms with van der Waals surface area (Å²) in [5.41, 5.74) is 0. The fourth-order valence-electron chi connectivity index (χ4n) is 2.17. The van der Waals surface area contributed by atoms with Crippen LogP contribution in [0, 0.1) is 0 Å². The summed E-state index contributed by atoms with van der Waals surface area (Å²) in [6, 6.07) is 0. The number of rotatable bonds is 16. The number of hydrogen-bond donors (Lipinski definition) is 1. The summed E-state index contributed by atoms with van der Waals surface area (Å²) in [6.07, 6.45) is 7.12. The topological polar surface area (TPSA) is 76.1 Å². The highest BCUT2D eigenvalue weighted by atomic mass is 16.5. The van der Waals surface area contributed by atoms with Crippen molar-refractivity contribution in [2.75, 3.05) is 40.0 Å². The molecule has 0 aromatic heterocycles. The highest BCUT2D eigenvalue weighted by Gasteiger charge is 2.05. The first-order valence-corrected chi connectivity index (χ1v) is 9.20. The second-order valence-corrected chi connectivity index (χ2v) is 6.09. The van der Waals surface area contributed by atoms with Gasteiger partial charge < -0.3 is 19.5 Å². The molecule has 142 valence electrons. The Morgan fingerprint density at radius 2 is 1.42 bits per heavy atom. The van der Waals surface area contributed by atoms with Crippen molar-refractivity contribution < 1.29 is 24.2 Å². The van der Waals surface area contributed by atoms with Gasteiger partial charge in [-0.05, 0) is 58.5 Å². The molecule has 0 saturated heterocycles. The Morgan fingerprint density at radius 1 is 0.833 bits per heavy atom. The molecule has 0 heterocycles. The van der Waals surface area contributed by atoms with Gasteiger partial charge in [0.1, 0.15) is 0 Å². The van der Waals surface area contributed by atoms with E-state index in [9.17, 15) is 9.59 Å². The van der Waals surface area contributed by atoms with E-state index in [2.05, 4.69) is 4.90 Å². The zero-order chi connectivity index (χ0) is 18.0. The molecule has 0 fully saturated rings. The first-order valence-electron chi connectivity index (χ1n) is 9.20. The molecule has 0 amide bonds. The van der Waals surface area contributed by atoms with E-state index in [1.54, 1.807) is 0 Å². The molecule has 0 bridgehead atoms. The zero-order valence-electron chi connectivity index (χ0n) is 15.4. The largest absolute Gasteiger partial charge is 0.466 e. The van der Waals surface area contributed by atoms with Crippen LogP contribution in [0.15, 0.2) is 0 Å². The Hall–Kier alpha value is -1.14. The van der Waals surface area contributed by atoms with Crippen LogP contribution in [0.25, 0.3) is 0 Å². The zero-order valence-corrected chi connectivity index (χ0v) is 15.4. The number of aliphatic hydroxyl groups excluding tert-OH is 1. The second kappa shape index (κ2) is 16.7. The number of carbonyl (C=O) groups excluding carboxylic acids is 2. The number of nitrogens with zero attached hydrogens (tertiary/aromatic N) is 1. The number of esters is 2. The fourth-order valence-corrected chi connectivity index (χ4v) is 2.17. The van der Waals surface area contributed by atoms with Gasteiger partial charge in [0.05, 0.1) is 19.6 Å². The molecule has 0 unspecified atom stereocenters. The molecule has 24 heavy (non-hydrogen) atoms. The highest BCUT2D eigenvalue weighted by Crippen LogP contribution is 2.03. The number of aliphatic hydroxyl groups is 1.